The Kier molecular flexibility index (Phi) is 9.15. The van der Waals surface area contributed by atoms with Crippen LogP contribution >= 0.6 is 22.9 Å². The molecule has 5 aromatic rings. The highest BCUT2D eigenvalue weighted by Crippen LogP contribution is 2.45. The summed E-state index contributed by atoms with van der Waals surface area (Å²) in [5.41, 5.74) is 1.61. The number of carbonyl (C=O) groups excluding carboxylic acids is 2. The van der Waals surface area contributed by atoms with Gasteiger partial charge in [0, 0.05) is 32.8 Å². The van der Waals surface area contributed by atoms with Gasteiger partial charge in [0.25, 0.3) is 5.91 Å². The van der Waals surface area contributed by atoms with Crippen LogP contribution < -0.4 is 20.5 Å². The quantitative estimate of drug-likeness (QED) is 0.129. The zero-order chi connectivity index (χ0) is 35.2. The third kappa shape index (κ3) is 6.72. The topological polar surface area (TPSA) is 137 Å². The monoisotopic (exact) mass is 716 g/mol. The Morgan fingerprint density at radius 1 is 1.16 bits per heavy atom. The summed E-state index contributed by atoms with van der Waals surface area (Å²) >= 11 is 7.27. The maximum atomic E-state index is 14.9. The van der Waals surface area contributed by atoms with Gasteiger partial charge >= 0.3 is 6.18 Å². The highest BCUT2D eigenvalue weighted by molar-refractivity contribution is 7.17. The molecule has 6 rings (SSSR count). The number of hydrogen-bond acceptors (Lipinski definition) is 8. The van der Waals surface area contributed by atoms with Gasteiger partial charge in [0.2, 0.25) is 11.5 Å². The van der Waals surface area contributed by atoms with E-state index in [0.717, 1.165) is 30.2 Å². The number of hydrogen-bond donors (Lipinski definition) is 3. The van der Waals surface area contributed by atoms with Crippen LogP contribution in [0.1, 0.15) is 47.1 Å². The number of alkyl halides is 3. The third-order valence-electron chi connectivity index (χ3n) is 8.00. The van der Waals surface area contributed by atoms with Crippen molar-refractivity contribution in [2.75, 3.05) is 13.2 Å². The molecule has 0 saturated heterocycles. The Bertz CT molecular complexity index is 2120. The number of primary amides is 1. The number of aryl methyl sites for hydroxylation is 1. The fourth-order valence-corrected chi connectivity index (χ4v) is 6.48. The van der Waals surface area contributed by atoms with Gasteiger partial charge < -0.3 is 25.6 Å². The molecule has 0 unspecified atom stereocenters. The molecule has 15 heteroatoms. The number of aliphatic hydroxyl groups is 1. The summed E-state index contributed by atoms with van der Waals surface area (Å²) in [6.07, 6.45) is -4.43. The van der Waals surface area contributed by atoms with Gasteiger partial charge in [0.1, 0.15) is 28.5 Å². The number of thiophene rings is 1. The van der Waals surface area contributed by atoms with Crippen molar-refractivity contribution in [3.8, 4) is 22.8 Å². The summed E-state index contributed by atoms with van der Waals surface area (Å²) in [6, 6.07) is 9.48. The number of halogens is 5. The molecule has 2 aromatic carbocycles. The summed E-state index contributed by atoms with van der Waals surface area (Å²) in [7, 11) is 0. The first-order chi connectivity index (χ1) is 23.2. The van der Waals surface area contributed by atoms with Crippen LogP contribution in [0.15, 0.2) is 47.8 Å². The zero-order valence-electron chi connectivity index (χ0n) is 26.1. The largest absolute Gasteiger partial charge is 0.491 e. The van der Waals surface area contributed by atoms with Crippen LogP contribution in [0.3, 0.4) is 0 Å². The summed E-state index contributed by atoms with van der Waals surface area (Å²) < 4.78 is 71.3. The molecular formula is C34H29ClF4N4O5S. The number of ether oxygens (including phenoxy) is 2. The molecule has 0 aliphatic heterocycles. The van der Waals surface area contributed by atoms with Crippen molar-refractivity contribution >= 4 is 55.7 Å². The van der Waals surface area contributed by atoms with Gasteiger partial charge in [-0.2, -0.15) is 13.2 Å². The molecule has 3 aromatic heterocycles. The number of amides is 2. The summed E-state index contributed by atoms with van der Waals surface area (Å²) in [5, 5.41) is 16.2. The van der Waals surface area contributed by atoms with E-state index in [1.165, 1.54) is 29.6 Å². The minimum absolute atomic E-state index is 0.0360. The molecule has 2 amide bonds. The number of nitrogens with one attached hydrogen (secondary N) is 1. The SMILES string of the molecule is CCOc1c(CC(N)=O)cc([C@@](O)(CNC(=O)c2cc(OC3CC3)c3nc(C)c(Cl)cc3c2)C(F)(F)F)nc1-c1csc2c(F)cccc12. The molecule has 1 fully saturated rings. The molecule has 0 radical (unpaired) electrons. The normalized spacial score (nSPS) is 14.5. The van der Waals surface area contributed by atoms with Crippen molar-refractivity contribution in [2.24, 2.45) is 5.73 Å². The highest BCUT2D eigenvalue weighted by Gasteiger charge is 2.57. The standard InChI is InChI=1S/C34H29ClF4N4O5S/c1-3-47-30-18(13-27(40)44)12-26(43-29(30)22-14-49-31-21(22)5-4-6-24(31)36)33(46,34(37,38)39)15-41-32(45)19-9-17-10-23(35)16(2)42-28(17)25(11-19)48-20-7-8-20/h4-6,9-12,14,20,46H,3,7-8,13,15H2,1-2H3,(H2,40,44)(H,41,45)/t33-/m0/s1. The number of aromatic nitrogens is 2. The number of rotatable bonds is 11. The van der Waals surface area contributed by atoms with E-state index in [0.29, 0.717) is 27.0 Å². The lowest BCUT2D eigenvalue weighted by Gasteiger charge is -2.31. The number of nitrogens with zero attached hydrogens (tertiary/aromatic N) is 2. The van der Waals surface area contributed by atoms with Crippen molar-refractivity contribution in [2.45, 2.75) is 51.0 Å². The number of carbonyl (C=O) groups is 2. The first-order valence-electron chi connectivity index (χ1n) is 15.2. The molecule has 256 valence electrons. The van der Waals surface area contributed by atoms with Crippen molar-refractivity contribution < 1.29 is 41.7 Å². The van der Waals surface area contributed by atoms with Gasteiger partial charge in [-0.1, -0.05) is 23.7 Å². The Labute approximate surface area is 286 Å². The zero-order valence-corrected chi connectivity index (χ0v) is 27.7. The number of nitrogens with two attached hydrogens (primary N) is 1. The minimum Gasteiger partial charge on any atom is -0.491 e. The van der Waals surface area contributed by atoms with Crippen LogP contribution in [0.5, 0.6) is 11.5 Å². The van der Waals surface area contributed by atoms with Crippen LogP contribution in [-0.4, -0.2) is 52.3 Å². The van der Waals surface area contributed by atoms with Gasteiger partial charge in [-0.3, -0.25) is 9.59 Å². The Morgan fingerprint density at radius 2 is 1.92 bits per heavy atom. The molecule has 3 heterocycles. The van der Waals surface area contributed by atoms with Gasteiger partial charge in [0.05, 0.1) is 46.8 Å². The molecule has 0 bridgehead atoms. The van der Waals surface area contributed by atoms with E-state index in [4.69, 9.17) is 26.8 Å². The van der Waals surface area contributed by atoms with E-state index >= 15 is 0 Å². The molecule has 1 atom stereocenters. The van der Waals surface area contributed by atoms with Crippen molar-refractivity contribution in [1.29, 1.82) is 0 Å². The summed E-state index contributed by atoms with van der Waals surface area (Å²) in [6.45, 7) is 2.00. The van der Waals surface area contributed by atoms with E-state index in [1.54, 1.807) is 26.0 Å². The van der Waals surface area contributed by atoms with Crippen LogP contribution in [0.25, 0.3) is 32.2 Å². The molecule has 1 saturated carbocycles. The third-order valence-corrected chi connectivity index (χ3v) is 9.39. The molecule has 1 aliphatic rings. The van der Waals surface area contributed by atoms with Gasteiger partial charge in [0.15, 0.2) is 0 Å². The number of fused-ring (bicyclic) bond motifs is 2. The Morgan fingerprint density at radius 3 is 2.59 bits per heavy atom. The maximum Gasteiger partial charge on any atom is 0.424 e. The van der Waals surface area contributed by atoms with Gasteiger partial charge in [-0.05, 0) is 57.0 Å². The van der Waals surface area contributed by atoms with E-state index < -0.39 is 48.1 Å². The lowest BCUT2D eigenvalue weighted by Crippen LogP contribution is -2.51. The predicted molar refractivity (Wildman–Crippen MR) is 177 cm³/mol. The summed E-state index contributed by atoms with van der Waals surface area (Å²) in [4.78, 5) is 34.2. The van der Waals surface area contributed by atoms with Crippen LogP contribution in [0.2, 0.25) is 5.02 Å². The Hall–Kier alpha value is -4.53. The average Bonchev–Trinajstić information content (AvgIpc) is 3.75. The molecule has 1 aliphatic carbocycles. The fourth-order valence-electron chi connectivity index (χ4n) is 5.36. The van der Waals surface area contributed by atoms with Gasteiger partial charge in [-0.15, -0.1) is 11.3 Å². The molecule has 0 spiro atoms. The predicted octanol–water partition coefficient (Wildman–Crippen LogP) is 6.76. The van der Waals surface area contributed by atoms with Crippen LogP contribution in [-0.2, 0) is 16.8 Å². The Balaban J connectivity index is 1.43. The second-order valence-electron chi connectivity index (χ2n) is 11.6. The number of benzene rings is 2. The second-order valence-corrected chi connectivity index (χ2v) is 12.9. The molecule has 9 nitrogen and oxygen atoms in total. The van der Waals surface area contributed by atoms with E-state index in [9.17, 15) is 32.3 Å². The highest BCUT2D eigenvalue weighted by atomic mass is 35.5. The van der Waals surface area contributed by atoms with E-state index in [1.807, 2.05) is 0 Å². The van der Waals surface area contributed by atoms with E-state index in [2.05, 4.69) is 15.3 Å². The lowest BCUT2D eigenvalue weighted by atomic mass is 9.93. The summed E-state index contributed by atoms with van der Waals surface area (Å²) in [5.74, 6) is -2.18. The maximum absolute atomic E-state index is 14.9. The first-order valence-corrected chi connectivity index (χ1v) is 16.4. The van der Waals surface area contributed by atoms with Crippen molar-refractivity contribution in [3.63, 3.8) is 0 Å². The van der Waals surface area contributed by atoms with Crippen molar-refractivity contribution in [3.05, 3.63) is 81.2 Å². The van der Waals surface area contributed by atoms with Gasteiger partial charge in [-0.25, -0.2) is 14.4 Å². The van der Waals surface area contributed by atoms with Crippen LogP contribution in [0, 0.1) is 12.7 Å². The average molecular weight is 717 g/mol. The molecule has 4 N–H and O–H groups in total. The molecule has 49 heavy (non-hydrogen) atoms. The van der Waals surface area contributed by atoms with Crippen LogP contribution in [0.4, 0.5) is 17.6 Å². The lowest BCUT2D eigenvalue weighted by molar-refractivity contribution is -0.265. The smallest absolute Gasteiger partial charge is 0.424 e. The minimum atomic E-state index is -5.39. The first kappa shape index (κ1) is 34.3. The van der Waals surface area contributed by atoms with E-state index in [-0.39, 0.29) is 51.3 Å². The molecular weight excluding hydrogens is 688 g/mol. The number of pyridine rings is 2. The fraction of sp³-hybridized carbons (Fsp3) is 0.294. The second kappa shape index (κ2) is 13.1. The van der Waals surface area contributed by atoms with Crippen molar-refractivity contribution in [1.82, 2.24) is 15.3 Å².